The highest BCUT2D eigenvalue weighted by Crippen LogP contribution is 2.22. The third-order valence-electron chi connectivity index (χ3n) is 2.46. The van der Waals surface area contributed by atoms with E-state index in [0.29, 0.717) is 11.8 Å². The molecule has 0 aromatic carbocycles. The lowest BCUT2D eigenvalue weighted by Gasteiger charge is -2.11. The first-order chi connectivity index (χ1) is 7.49. The summed E-state index contributed by atoms with van der Waals surface area (Å²) < 4.78 is 6.63. The van der Waals surface area contributed by atoms with Gasteiger partial charge >= 0.3 is 0 Å². The molecule has 1 aromatic heterocycles. The lowest BCUT2D eigenvalue weighted by Crippen LogP contribution is -2.18. The van der Waals surface area contributed by atoms with Gasteiger partial charge in [-0.15, -0.1) is 0 Å². The minimum atomic E-state index is -0.116. The van der Waals surface area contributed by atoms with Crippen LogP contribution in [0.15, 0.2) is 17.1 Å². The molecular formula is C12H16ClNO2. The standard InChI is InChI=1S/C12H16ClNO2/c1-5-16-7-8(2)10-6-11(15)14(4)12(13)9(10)3/h6-7H,5H2,1-4H3/b8-7+. The van der Waals surface area contributed by atoms with Gasteiger partial charge in [0.15, 0.2) is 0 Å². The summed E-state index contributed by atoms with van der Waals surface area (Å²) in [7, 11) is 1.66. The van der Waals surface area contributed by atoms with Gasteiger partial charge in [0.05, 0.1) is 12.9 Å². The van der Waals surface area contributed by atoms with E-state index in [2.05, 4.69) is 0 Å². The first-order valence-corrected chi connectivity index (χ1v) is 5.51. The first-order valence-electron chi connectivity index (χ1n) is 5.14. The van der Waals surface area contributed by atoms with Crippen LogP contribution in [0.5, 0.6) is 0 Å². The van der Waals surface area contributed by atoms with Gasteiger partial charge in [0.2, 0.25) is 0 Å². The van der Waals surface area contributed by atoms with E-state index in [4.69, 9.17) is 16.3 Å². The molecule has 0 aliphatic rings. The second-order valence-corrected chi connectivity index (χ2v) is 3.99. The van der Waals surface area contributed by atoms with Crippen molar-refractivity contribution in [2.24, 2.45) is 7.05 Å². The van der Waals surface area contributed by atoms with Gasteiger partial charge in [0.25, 0.3) is 5.56 Å². The van der Waals surface area contributed by atoms with Gasteiger partial charge in [0, 0.05) is 13.1 Å². The molecule has 1 rings (SSSR count). The Balaban J connectivity index is 3.31. The Labute approximate surface area is 100 Å². The van der Waals surface area contributed by atoms with Crippen molar-refractivity contribution in [3.05, 3.63) is 39.0 Å². The van der Waals surface area contributed by atoms with Crippen molar-refractivity contribution in [3.8, 4) is 0 Å². The molecule has 0 aliphatic heterocycles. The molecule has 0 radical (unpaired) electrons. The van der Waals surface area contributed by atoms with Crippen LogP contribution in [-0.2, 0) is 11.8 Å². The van der Waals surface area contributed by atoms with Gasteiger partial charge in [-0.3, -0.25) is 4.79 Å². The fraction of sp³-hybridized carbons (Fsp3) is 0.417. The van der Waals surface area contributed by atoms with Gasteiger partial charge in [-0.2, -0.15) is 0 Å². The van der Waals surface area contributed by atoms with Gasteiger partial charge in [-0.25, -0.2) is 0 Å². The van der Waals surface area contributed by atoms with Crippen LogP contribution in [0.25, 0.3) is 5.57 Å². The molecule has 0 N–H and O–H groups in total. The lowest BCUT2D eigenvalue weighted by molar-refractivity contribution is 0.270. The van der Waals surface area contributed by atoms with Crippen LogP contribution in [-0.4, -0.2) is 11.2 Å². The molecule has 0 bridgehead atoms. The number of hydrogen-bond acceptors (Lipinski definition) is 2. The highest BCUT2D eigenvalue weighted by atomic mass is 35.5. The molecule has 0 spiro atoms. The second-order valence-electron chi connectivity index (χ2n) is 3.63. The predicted octanol–water partition coefficient (Wildman–Crippen LogP) is 2.74. The van der Waals surface area contributed by atoms with Gasteiger partial charge in [0.1, 0.15) is 5.15 Å². The molecule has 4 heteroatoms. The van der Waals surface area contributed by atoms with E-state index >= 15 is 0 Å². The molecule has 16 heavy (non-hydrogen) atoms. The second kappa shape index (κ2) is 5.21. The van der Waals surface area contributed by atoms with E-state index in [1.165, 1.54) is 4.57 Å². The van der Waals surface area contributed by atoms with Crippen molar-refractivity contribution in [2.75, 3.05) is 6.61 Å². The van der Waals surface area contributed by atoms with E-state index in [1.807, 2.05) is 20.8 Å². The zero-order valence-electron chi connectivity index (χ0n) is 10.0. The Bertz CT molecular complexity index is 475. The minimum absolute atomic E-state index is 0.116. The first kappa shape index (κ1) is 12.8. The maximum absolute atomic E-state index is 11.6. The molecule has 1 aromatic rings. The summed E-state index contributed by atoms with van der Waals surface area (Å²) in [5.74, 6) is 0. The highest BCUT2D eigenvalue weighted by molar-refractivity contribution is 6.30. The number of ether oxygens (including phenoxy) is 1. The van der Waals surface area contributed by atoms with Crippen LogP contribution in [0.2, 0.25) is 5.15 Å². The minimum Gasteiger partial charge on any atom is -0.501 e. The Morgan fingerprint density at radius 3 is 2.81 bits per heavy atom. The van der Waals surface area contributed by atoms with Crippen molar-refractivity contribution >= 4 is 17.2 Å². The summed E-state index contributed by atoms with van der Waals surface area (Å²) in [6, 6.07) is 1.58. The fourth-order valence-corrected chi connectivity index (χ4v) is 1.65. The number of pyridine rings is 1. The molecule has 0 unspecified atom stereocenters. The van der Waals surface area contributed by atoms with Crippen LogP contribution in [0.1, 0.15) is 25.0 Å². The largest absolute Gasteiger partial charge is 0.501 e. The summed E-state index contributed by atoms with van der Waals surface area (Å²) in [4.78, 5) is 11.6. The lowest BCUT2D eigenvalue weighted by atomic mass is 10.1. The van der Waals surface area contributed by atoms with Crippen molar-refractivity contribution in [2.45, 2.75) is 20.8 Å². The summed E-state index contributed by atoms with van der Waals surface area (Å²) in [5, 5.41) is 0.465. The monoisotopic (exact) mass is 241 g/mol. The molecule has 0 saturated carbocycles. The normalized spacial score (nSPS) is 11.7. The van der Waals surface area contributed by atoms with Crippen molar-refractivity contribution in [3.63, 3.8) is 0 Å². The number of rotatable bonds is 3. The maximum atomic E-state index is 11.6. The number of halogens is 1. The smallest absolute Gasteiger partial charge is 0.252 e. The summed E-state index contributed by atoms with van der Waals surface area (Å²) >= 11 is 6.06. The predicted molar refractivity (Wildman–Crippen MR) is 66.7 cm³/mol. The van der Waals surface area contributed by atoms with Crippen molar-refractivity contribution in [1.29, 1.82) is 0 Å². The van der Waals surface area contributed by atoms with Crippen LogP contribution in [0.4, 0.5) is 0 Å². The van der Waals surface area contributed by atoms with Crippen LogP contribution in [0.3, 0.4) is 0 Å². The van der Waals surface area contributed by atoms with Crippen LogP contribution >= 0.6 is 11.6 Å². The molecule has 0 atom stereocenters. The Hall–Kier alpha value is -1.22. The summed E-state index contributed by atoms with van der Waals surface area (Å²) in [6.07, 6.45) is 1.65. The topological polar surface area (TPSA) is 31.2 Å². The Morgan fingerprint density at radius 1 is 1.62 bits per heavy atom. The van der Waals surface area contributed by atoms with Gasteiger partial charge in [-0.1, -0.05) is 11.6 Å². The molecule has 0 fully saturated rings. The van der Waals surface area contributed by atoms with Crippen LogP contribution in [0, 0.1) is 6.92 Å². The van der Waals surface area contributed by atoms with Crippen molar-refractivity contribution < 1.29 is 4.74 Å². The number of hydrogen-bond donors (Lipinski definition) is 0. The molecule has 3 nitrogen and oxygen atoms in total. The number of nitrogens with zero attached hydrogens (tertiary/aromatic N) is 1. The zero-order chi connectivity index (χ0) is 12.3. The SMILES string of the molecule is CCO/C=C(\C)c1cc(=O)n(C)c(Cl)c1C. The number of allylic oxidation sites excluding steroid dienone is 1. The molecule has 1 heterocycles. The maximum Gasteiger partial charge on any atom is 0.252 e. The average molecular weight is 242 g/mol. The van der Waals surface area contributed by atoms with E-state index in [1.54, 1.807) is 19.4 Å². The van der Waals surface area contributed by atoms with Crippen molar-refractivity contribution in [1.82, 2.24) is 4.57 Å². The summed E-state index contributed by atoms with van der Waals surface area (Å²) in [5.41, 5.74) is 2.51. The third kappa shape index (κ3) is 2.47. The van der Waals surface area contributed by atoms with E-state index in [-0.39, 0.29) is 5.56 Å². The molecule has 0 saturated heterocycles. The van der Waals surface area contributed by atoms with E-state index < -0.39 is 0 Å². The van der Waals surface area contributed by atoms with Gasteiger partial charge in [-0.05, 0) is 37.5 Å². The zero-order valence-corrected chi connectivity index (χ0v) is 10.8. The van der Waals surface area contributed by atoms with Gasteiger partial charge < -0.3 is 9.30 Å². The quantitative estimate of drug-likeness (QED) is 0.602. The fourth-order valence-electron chi connectivity index (χ4n) is 1.47. The molecule has 88 valence electrons. The van der Waals surface area contributed by atoms with E-state index in [0.717, 1.165) is 16.7 Å². The highest BCUT2D eigenvalue weighted by Gasteiger charge is 2.09. The summed E-state index contributed by atoms with van der Waals surface area (Å²) in [6.45, 7) is 6.30. The molecule has 0 aliphatic carbocycles. The average Bonchev–Trinajstić information content (AvgIpc) is 2.28. The Kier molecular flexibility index (Phi) is 4.19. The molecule has 0 amide bonds. The number of aromatic nitrogens is 1. The van der Waals surface area contributed by atoms with Crippen LogP contribution < -0.4 is 5.56 Å². The Morgan fingerprint density at radius 2 is 2.25 bits per heavy atom. The van der Waals surface area contributed by atoms with E-state index in [9.17, 15) is 4.79 Å². The third-order valence-corrected chi connectivity index (χ3v) is 2.99. The molecular weight excluding hydrogens is 226 g/mol.